The Morgan fingerprint density at radius 3 is 2.12 bits per heavy atom. The molecule has 0 spiro atoms. The molecule has 1 aliphatic carbocycles. The molecule has 0 aliphatic heterocycles. The standard InChI is InChI=1S/C38H34N2/c1-5-26(30-21-15-23-33-36(30)31-20-13-14-22-32(31)38(33,3)4)24-27(6-2)34-25-35(28-16-9-7-10-17-28)40-37(39-34)29-18-11-8-12-19-29/h6-26H,2,5H2,1,3-4H3/b27-24+. The predicted octanol–water partition coefficient (Wildman–Crippen LogP) is 9.88. The van der Waals surface area contributed by atoms with Crippen LogP contribution in [0.2, 0.25) is 0 Å². The molecule has 1 heterocycles. The molecule has 2 nitrogen and oxygen atoms in total. The maximum Gasteiger partial charge on any atom is 0.160 e. The maximum atomic E-state index is 5.06. The van der Waals surface area contributed by atoms with Crippen LogP contribution in [0.5, 0.6) is 0 Å². The number of aromatic nitrogens is 2. The zero-order chi connectivity index (χ0) is 27.7. The van der Waals surface area contributed by atoms with E-state index < -0.39 is 0 Å². The predicted molar refractivity (Wildman–Crippen MR) is 168 cm³/mol. The number of benzene rings is 4. The molecule has 0 saturated carbocycles. The monoisotopic (exact) mass is 518 g/mol. The van der Waals surface area contributed by atoms with E-state index in [9.17, 15) is 0 Å². The lowest BCUT2D eigenvalue weighted by molar-refractivity contribution is 0.659. The van der Waals surface area contributed by atoms with Gasteiger partial charge in [-0.3, -0.25) is 0 Å². The van der Waals surface area contributed by atoms with Gasteiger partial charge >= 0.3 is 0 Å². The summed E-state index contributed by atoms with van der Waals surface area (Å²) in [6.45, 7) is 11.2. The van der Waals surface area contributed by atoms with Crippen molar-refractivity contribution in [3.05, 3.63) is 150 Å². The van der Waals surface area contributed by atoms with Crippen molar-refractivity contribution in [3.63, 3.8) is 0 Å². The van der Waals surface area contributed by atoms with E-state index in [0.717, 1.165) is 34.5 Å². The van der Waals surface area contributed by atoms with E-state index in [4.69, 9.17) is 9.97 Å². The van der Waals surface area contributed by atoms with Crippen molar-refractivity contribution >= 4 is 5.57 Å². The second-order valence-corrected chi connectivity index (χ2v) is 11.0. The molecule has 0 fully saturated rings. The lowest BCUT2D eigenvalue weighted by Crippen LogP contribution is -2.15. The van der Waals surface area contributed by atoms with Crippen LogP contribution in [0.4, 0.5) is 0 Å². The van der Waals surface area contributed by atoms with Crippen molar-refractivity contribution in [2.45, 2.75) is 38.5 Å². The van der Waals surface area contributed by atoms with Crippen LogP contribution in [0.15, 0.2) is 128 Å². The van der Waals surface area contributed by atoms with E-state index >= 15 is 0 Å². The Kier molecular flexibility index (Phi) is 6.77. The highest BCUT2D eigenvalue weighted by atomic mass is 14.9. The third kappa shape index (κ3) is 4.50. The lowest BCUT2D eigenvalue weighted by atomic mass is 9.81. The molecule has 4 aromatic carbocycles. The van der Waals surface area contributed by atoms with Crippen LogP contribution in [0, 0.1) is 0 Å². The Bertz CT molecular complexity index is 1650. The van der Waals surface area contributed by atoms with Gasteiger partial charge in [0.05, 0.1) is 11.4 Å². The van der Waals surface area contributed by atoms with Crippen molar-refractivity contribution in [2.24, 2.45) is 0 Å². The molecule has 1 aromatic heterocycles. The van der Waals surface area contributed by atoms with Crippen molar-refractivity contribution in [2.75, 3.05) is 0 Å². The summed E-state index contributed by atoms with van der Waals surface area (Å²) in [5, 5.41) is 0. The van der Waals surface area contributed by atoms with Gasteiger partial charge in [0, 0.05) is 22.5 Å². The van der Waals surface area contributed by atoms with E-state index in [-0.39, 0.29) is 11.3 Å². The Labute approximate surface area is 237 Å². The molecule has 0 bridgehead atoms. The number of fused-ring (bicyclic) bond motifs is 3. The van der Waals surface area contributed by atoms with Crippen molar-refractivity contribution < 1.29 is 0 Å². The van der Waals surface area contributed by atoms with Gasteiger partial charge in [-0.05, 0) is 45.9 Å². The molecule has 1 aliphatic rings. The SMILES string of the molecule is C=C/C(=C\C(CC)c1cccc2c1-c1ccccc1C2(C)C)c1cc(-c2ccccc2)nc(-c2ccccc2)n1. The smallest absolute Gasteiger partial charge is 0.160 e. The molecule has 2 heteroatoms. The van der Waals surface area contributed by atoms with Crippen LogP contribution < -0.4 is 0 Å². The highest BCUT2D eigenvalue weighted by molar-refractivity contribution is 5.84. The van der Waals surface area contributed by atoms with Gasteiger partial charge in [0.15, 0.2) is 5.82 Å². The van der Waals surface area contributed by atoms with Crippen molar-refractivity contribution in [1.29, 1.82) is 0 Å². The summed E-state index contributed by atoms with van der Waals surface area (Å²) in [5.41, 5.74) is 11.7. The topological polar surface area (TPSA) is 25.8 Å². The Morgan fingerprint density at radius 2 is 1.43 bits per heavy atom. The molecule has 5 aromatic rings. The van der Waals surface area contributed by atoms with Crippen LogP contribution in [-0.2, 0) is 5.41 Å². The molecule has 196 valence electrons. The van der Waals surface area contributed by atoms with Gasteiger partial charge in [-0.25, -0.2) is 9.97 Å². The van der Waals surface area contributed by atoms with Crippen LogP contribution in [0.1, 0.15) is 55.5 Å². The van der Waals surface area contributed by atoms with Crippen LogP contribution >= 0.6 is 0 Å². The van der Waals surface area contributed by atoms with Gasteiger partial charge in [0.1, 0.15) is 0 Å². The highest BCUT2D eigenvalue weighted by Gasteiger charge is 2.37. The summed E-state index contributed by atoms with van der Waals surface area (Å²) in [6.07, 6.45) is 5.26. The maximum absolute atomic E-state index is 5.06. The van der Waals surface area contributed by atoms with E-state index in [1.165, 1.54) is 27.8 Å². The zero-order valence-corrected chi connectivity index (χ0v) is 23.4. The van der Waals surface area contributed by atoms with E-state index in [1.54, 1.807) is 0 Å². The molecule has 1 unspecified atom stereocenters. The molecule has 0 radical (unpaired) electrons. The minimum atomic E-state index is -0.0208. The first-order valence-electron chi connectivity index (χ1n) is 14.1. The number of allylic oxidation sites excluding steroid dienone is 3. The summed E-state index contributed by atoms with van der Waals surface area (Å²) in [4.78, 5) is 10.0. The molecule has 40 heavy (non-hydrogen) atoms. The Morgan fingerprint density at radius 1 is 0.775 bits per heavy atom. The van der Waals surface area contributed by atoms with E-state index in [1.807, 2.05) is 42.5 Å². The van der Waals surface area contributed by atoms with Crippen molar-refractivity contribution in [1.82, 2.24) is 9.97 Å². The normalized spacial score (nSPS) is 14.3. The third-order valence-corrected chi connectivity index (χ3v) is 8.20. The summed E-state index contributed by atoms with van der Waals surface area (Å²) >= 11 is 0. The first-order valence-corrected chi connectivity index (χ1v) is 14.1. The lowest BCUT2D eigenvalue weighted by Gasteiger charge is -2.22. The van der Waals surface area contributed by atoms with E-state index in [0.29, 0.717) is 5.82 Å². The Hall–Kier alpha value is -4.56. The molecule has 1 atom stereocenters. The van der Waals surface area contributed by atoms with Crippen LogP contribution in [0.25, 0.3) is 39.3 Å². The first-order chi connectivity index (χ1) is 19.5. The zero-order valence-electron chi connectivity index (χ0n) is 23.4. The largest absolute Gasteiger partial charge is 0.228 e. The Balaban J connectivity index is 1.50. The number of rotatable bonds is 7. The van der Waals surface area contributed by atoms with Crippen molar-refractivity contribution in [3.8, 4) is 33.8 Å². The fourth-order valence-corrected chi connectivity index (χ4v) is 6.06. The quantitative estimate of drug-likeness (QED) is 0.200. The highest BCUT2D eigenvalue weighted by Crippen LogP contribution is 2.51. The minimum absolute atomic E-state index is 0.0208. The van der Waals surface area contributed by atoms with Crippen LogP contribution in [0.3, 0.4) is 0 Å². The number of hydrogen-bond donors (Lipinski definition) is 0. The first kappa shape index (κ1) is 25.7. The van der Waals surface area contributed by atoms with E-state index in [2.05, 4.69) is 106 Å². The summed E-state index contributed by atoms with van der Waals surface area (Å²) in [7, 11) is 0. The number of hydrogen-bond acceptors (Lipinski definition) is 2. The fourth-order valence-electron chi connectivity index (χ4n) is 6.06. The van der Waals surface area contributed by atoms with Gasteiger partial charge in [-0.15, -0.1) is 0 Å². The molecular weight excluding hydrogens is 484 g/mol. The summed E-state index contributed by atoms with van der Waals surface area (Å²) in [6, 6.07) is 38.3. The molecule has 0 saturated heterocycles. The van der Waals surface area contributed by atoms with Gasteiger partial charge < -0.3 is 0 Å². The molecule has 6 rings (SSSR count). The second kappa shape index (κ2) is 10.5. The van der Waals surface area contributed by atoms with Gasteiger partial charge in [0.2, 0.25) is 0 Å². The minimum Gasteiger partial charge on any atom is -0.228 e. The molecular formula is C38H34N2. The van der Waals surface area contributed by atoms with Gasteiger partial charge in [-0.1, -0.05) is 143 Å². The third-order valence-electron chi connectivity index (χ3n) is 8.20. The summed E-state index contributed by atoms with van der Waals surface area (Å²) < 4.78 is 0. The second-order valence-electron chi connectivity index (χ2n) is 11.0. The molecule has 0 N–H and O–H groups in total. The fraction of sp³-hybridized carbons (Fsp3) is 0.158. The number of nitrogens with zero attached hydrogens (tertiary/aromatic N) is 2. The van der Waals surface area contributed by atoms with Gasteiger partial charge in [0.25, 0.3) is 0 Å². The average Bonchev–Trinajstić information content (AvgIpc) is 3.25. The average molecular weight is 519 g/mol. The van der Waals surface area contributed by atoms with Gasteiger partial charge in [-0.2, -0.15) is 0 Å². The van der Waals surface area contributed by atoms with Crippen LogP contribution in [-0.4, -0.2) is 9.97 Å². The molecule has 0 amide bonds. The summed E-state index contributed by atoms with van der Waals surface area (Å²) in [5.74, 6) is 0.925.